The molecule has 0 fully saturated rings. The number of ether oxygens (including phenoxy) is 2. The van der Waals surface area contributed by atoms with E-state index in [9.17, 15) is 53.5 Å². The van der Waals surface area contributed by atoms with Crippen molar-refractivity contribution in [2.24, 2.45) is 0 Å². The first kappa shape index (κ1) is 23.0. The van der Waals surface area contributed by atoms with Gasteiger partial charge in [-0.3, -0.25) is 0 Å². The molecule has 0 aliphatic heterocycles. The Kier molecular flexibility index (Phi) is 6.87. The zero-order valence-electron chi connectivity index (χ0n) is 11.7. The molecular weight excluding hydrogens is 386 g/mol. The third-order valence-electron chi connectivity index (χ3n) is 2.38. The van der Waals surface area contributed by atoms with Gasteiger partial charge < -0.3 is 9.47 Å². The maximum atomic E-state index is 13.1. The van der Waals surface area contributed by atoms with Crippen molar-refractivity contribution in [3.05, 3.63) is 12.7 Å². The van der Waals surface area contributed by atoms with Crippen molar-refractivity contribution in [3.63, 3.8) is 0 Å². The highest BCUT2D eigenvalue weighted by atomic mass is 19.4. The van der Waals surface area contributed by atoms with Gasteiger partial charge in [0.25, 0.3) is 0 Å². The summed E-state index contributed by atoms with van der Waals surface area (Å²) in [7, 11) is 0. The van der Waals surface area contributed by atoms with E-state index in [1.165, 1.54) is 0 Å². The predicted molar refractivity (Wildman–Crippen MR) is 57.7 cm³/mol. The molecule has 0 saturated carbocycles. The fraction of sp³-hybridized carbons (Fsp3) is 0.636. The number of hydrogen-bond acceptors (Lipinski definition) is 4. The molecule has 14 heteroatoms. The Morgan fingerprint density at radius 3 is 1.72 bits per heavy atom. The second-order valence-corrected chi connectivity index (χ2v) is 4.32. The molecule has 0 rings (SSSR count). The number of carbonyl (C=O) groups is 2. The van der Waals surface area contributed by atoms with Crippen LogP contribution < -0.4 is 0 Å². The van der Waals surface area contributed by atoms with Gasteiger partial charge in [0.2, 0.25) is 0 Å². The van der Waals surface area contributed by atoms with Crippen LogP contribution in [0.1, 0.15) is 6.42 Å². The Labute approximate surface area is 132 Å². The van der Waals surface area contributed by atoms with E-state index in [0.717, 1.165) is 0 Å². The molecule has 0 aliphatic carbocycles. The van der Waals surface area contributed by atoms with Gasteiger partial charge in [-0.05, 0) is 0 Å². The summed E-state index contributed by atoms with van der Waals surface area (Å²) in [6.07, 6.45) is -16.5. The molecule has 0 saturated heterocycles. The van der Waals surface area contributed by atoms with Crippen LogP contribution in [0.3, 0.4) is 0 Å². The van der Waals surface area contributed by atoms with Gasteiger partial charge in [-0.15, -0.1) is 6.58 Å². The molecule has 0 bridgehead atoms. The molecule has 0 amide bonds. The van der Waals surface area contributed by atoms with Gasteiger partial charge in [0.15, 0.2) is 12.7 Å². The highest BCUT2D eigenvalue weighted by Gasteiger charge is 2.64. The monoisotopic (exact) mass is 394 g/mol. The molecule has 0 aromatic carbocycles. The van der Waals surface area contributed by atoms with Crippen LogP contribution in [0.4, 0.5) is 43.9 Å². The Balaban J connectivity index is 5.04. The number of carbonyl (C=O) groups excluding carboxylic acids is 2. The Hall–Kier alpha value is -2.02. The van der Waals surface area contributed by atoms with Gasteiger partial charge in [-0.1, -0.05) is 6.08 Å². The van der Waals surface area contributed by atoms with Gasteiger partial charge >= 0.3 is 36.1 Å². The van der Waals surface area contributed by atoms with Crippen molar-refractivity contribution in [3.8, 4) is 0 Å². The van der Waals surface area contributed by atoms with Crippen LogP contribution in [0.5, 0.6) is 0 Å². The van der Waals surface area contributed by atoms with E-state index >= 15 is 0 Å². The van der Waals surface area contributed by atoms with Crippen LogP contribution in [0, 0.1) is 0 Å². The van der Waals surface area contributed by atoms with Crippen LogP contribution in [-0.4, -0.2) is 48.8 Å². The molecule has 1 atom stereocenters. The van der Waals surface area contributed by atoms with Crippen LogP contribution in [0.2, 0.25) is 0 Å². The standard InChI is InChI=1S/C11H8F10O4/c1-2-3-5(9(14,15)11(19,20)21)25-7(23)6(22)24-4-8(12,13)10(16,17)18/h2,5H,1,3-4H2. The van der Waals surface area contributed by atoms with Gasteiger partial charge in [0.1, 0.15) is 0 Å². The molecule has 0 heterocycles. The van der Waals surface area contributed by atoms with E-state index in [4.69, 9.17) is 0 Å². The summed E-state index contributed by atoms with van der Waals surface area (Å²) in [5, 5.41) is 0. The minimum Gasteiger partial charge on any atom is -0.450 e. The summed E-state index contributed by atoms with van der Waals surface area (Å²) in [6, 6.07) is 0. The Bertz CT molecular complexity index is 508. The van der Waals surface area contributed by atoms with E-state index in [-0.39, 0.29) is 0 Å². The van der Waals surface area contributed by atoms with E-state index in [1.54, 1.807) is 0 Å². The summed E-state index contributed by atoms with van der Waals surface area (Å²) < 4.78 is 130. The molecule has 0 aromatic rings. The second kappa shape index (κ2) is 7.47. The Morgan fingerprint density at radius 2 is 1.36 bits per heavy atom. The van der Waals surface area contributed by atoms with Crippen molar-refractivity contribution >= 4 is 11.9 Å². The average Bonchev–Trinajstić information content (AvgIpc) is 2.41. The molecule has 0 spiro atoms. The lowest BCUT2D eigenvalue weighted by Crippen LogP contribution is -2.49. The molecule has 0 aliphatic rings. The molecule has 4 nitrogen and oxygen atoms in total. The normalized spacial score (nSPS) is 14.6. The fourth-order valence-electron chi connectivity index (χ4n) is 1.08. The van der Waals surface area contributed by atoms with Gasteiger partial charge in [0.05, 0.1) is 0 Å². The van der Waals surface area contributed by atoms with Crippen LogP contribution in [0.25, 0.3) is 0 Å². The van der Waals surface area contributed by atoms with Crippen LogP contribution >= 0.6 is 0 Å². The highest BCUT2D eigenvalue weighted by Crippen LogP contribution is 2.40. The molecule has 25 heavy (non-hydrogen) atoms. The summed E-state index contributed by atoms with van der Waals surface area (Å²) in [6.45, 7) is 0.109. The third-order valence-corrected chi connectivity index (χ3v) is 2.38. The van der Waals surface area contributed by atoms with Crippen molar-refractivity contribution in [2.75, 3.05) is 6.61 Å². The summed E-state index contributed by atoms with van der Waals surface area (Å²) in [4.78, 5) is 21.9. The predicted octanol–water partition coefficient (Wildman–Crippen LogP) is 3.41. The maximum Gasteiger partial charge on any atom is 0.457 e. The van der Waals surface area contributed by atoms with E-state index in [0.29, 0.717) is 6.08 Å². The fourth-order valence-corrected chi connectivity index (χ4v) is 1.08. The van der Waals surface area contributed by atoms with E-state index in [2.05, 4.69) is 16.1 Å². The van der Waals surface area contributed by atoms with E-state index < -0.39 is 55.3 Å². The van der Waals surface area contributed by atoms with Crippen molar-refractivity contribution in [1.82, 2.24) is 0 Å². The second-order valence-electron chi connectivity index (χ2n) is 4.32. The van der Waals surface area contributed by atoms with Crippen molar-refractivity contribution in [2.45, 2.75) is 36.7 Å². The zero-order chi connectivity index (χ0) is 20.3. The zero-order valence-corrected chi connectivity index (χ0v) is 11.7. The number of alkyl halides is 10. The lowest BCUT2D eigenvalue weighted by atomic mass is 10.1. The quantitative estimate of drug-likeness (QED) is 0.300. The molecule has 0 aromatic heterocycles. The molecular formula is C11H8F10O4. The molecule has 146 valence electrons. The van der Waals surface area contributed by atoms with Gasteiger partial charge in [-0.2, -0.15) is 43.9 Å². The van der Waals surface area contributed by atoms with Gasteiger partial charge in [-0.25, -0.2) is 9.59 Å². The van der Waals surface area contributed by atoms with Crippen molar-refractivity contribution in [1.29, 1.82) is 0 Å². The van der Waals surface area contributed by atoms with Crippen LogP contribution in [0.15, 0.2) is 12.7 Å². The summed E-state index contributed by atoms with van der Waals surface area (Å²) in [5.74, 6) is -16.5. The lowest BCUT2D eigenvalue weighted by molar-refractivity contribution is -0.314. The van der Waals surface area contributed by atoms with Crippen LogP contribution in [-0.2, 0) is 19.1 Å². The third kappa shape index (κ3) is 5.77. The first-order valence-corrected chi connectivity index (χ1v) is 5.85. The lowest BCUT2D eigenvalue weighted by Gasteiger charge is -2.27. The van der Waals surface area contributed by atoms with E-state index in [1.807, 2.05) is 0 Å². The smallest absolute Gasteiger partial charge is 0.450 e. The Morgan fingerprint density at radius 1 is 0.880 bits per heavy atom. The topological polar surface area (TPSA) is 52.6 Å². The summed E-state index contributed by atoms with van der Waals surface area (Å²) in [5.41, 5.74) is 0. The number of halogens is 10. The SMILES string of the molecule is C=CCC(OC(=O)C(=O)OCC(F)(F)C(F)(F)F)C(F)(F)C(F)(F)F. The van der Waals surface area contributed by atoms with Crippen molar-refractivity contribution < 1.29 is 63.0 Å². The van der Waals surface area contributed by atoms with Gasteiger partial charge in [0, 0.05) is 6.42 Å². The summed E-state index contributed by atoms with van der Waals surface area (Å²) >= 11 is 0. The number of rotatable bonds is 6. The first-order chi connectivity index (χ1) is 11.0. The first-order valence-electron chi connectivity index (χ1n) is 5.85. The number of esters is 2. The molecule has 0 N–H and O–H groups in total. The average molecular weight is 394 g/mol. The highest BCUT2D eigenvalue weighted by molar-refractivity contribution is 6.29. The minimum atomic E-state index is -6.21. The minimum absolute atomic E-state index is 0.459. The molecule has 0 radical (unpaired) electrons. The number of hydrogen-bond donors (Lipinski definition) is 0. The molecule has 1 unspecified atom stereocenters. The largest absolute Gasteiger partial charge is 0.457 e. The maximum absolute atomic E-state index is 13.1.